The van der Waals surface area contributed by atoms with Crippen molar-refractivity contribution < 1.29 is 0 Å². The number of hydrogen-bond acceptors (Lipinski definition) is 0. The van der Waals surface area contributed by atoms with Gasteiger partial charge in [0.25, 0.3) is 0 Å². The van der Waals surface area contributed by atoms with E-state index in [2.05, 4.69) is 38.1 Å². The highest BCUT2D eigenvalue weighted by Crippen LogP contribution is 2.38. The topological polar surface area (TPSA) is 0 Å². The summed E-state index contributed by atoms with van der Waals surface area (Å²) < 4.78 is 0. The van der Waals surface area contributed by atoms with E-state index >= 15 is 0 Å². The minimum Gasteiger partial charge on any atom is -0.0654 e. The second kappa shape index (κ2) is 10.5. The smallest absolute Gasteiger partial charge is 0.0162 e. The maximum Gasteiger partial charge on any atom is -0.0162 e. The van der Waals surface area contributed by atoms with E-state index in [-0.39, 0.29) is 0 Å². The Labute approximate surface area is 163 Å². The first kappa shape index (κ1) is 20.0. The van der Waals surface area contributed by atoms with E-state index in [1.54, 1.807) is 11.1 Å². The summed E-state index contributed by atoms with van der Waals surface area (Å²) in [6.45, 7) is 4.67. The molecule has 0 N–H and O–H groups in total. The van der Waals surface area contributed by atoms with Crippen LogP contribution in [0.3, 0.4) is 0 Å². The van der Waals surface area contributed by atoms with Crippen LogP contribution in [0.1, 0.15) is 114 Å². The van der Waals surface area contributed by atoms with Crippen molar-refractivity contribution in [1.82, 2.24) is 0 Å². The van der Waals surface area contributed by atoms with Crippen LogP contribution in [-0.2, 0) is 6.42 Å². The van der Waals surface area contributed by atoms with Crippen molar-refractivity contribution >= 4 is 0 Å². The number of benzene rings is 1. The highest BCUT2D eigenvalue weighted by Gasteiger charge is 2.22. The third-order valence-corrected chi connectivity index (χ3v) is 7.50. The molecule has 0 saturated heterocycles. The van der Waals surface area contributed by atoms with Crippen molar-refractivity contribution in [2.75, 3.05) is 0 Å². The van der Waals surface area contributed by atoms with Crippen LogP contribution in [0.4, 0.5) is 0 Å². The third-order valence-electron chi connectivity index (χ3n) is 7.50. The average molecular weight is 355 g/mol. The molecule has 0 heterocycles. The Balaban J connectivity index is 1.40. The van der Waals surface area contributed by atoms with Crippen molar-refractivity contribution in [2.24, 2.45) is 17.8 Å². The first-order valence-corrected chi connectivity index (χ1v) is 11.9. The fourth-order valence-corrected chi connectivity index (χ4v) is 5.74. The van der Waals surface area contributed by atoms with Gasteiger partial charge in [0.05, 0.1) is 0 Å². The summed E-state index contributed by atoms with van der Waals surface area (Å²) in [5.74, 6) is 3.90. The standard InChI is InChI=1S/C26H42/c1-3-5-21-7-9-23(10-8-21)11-12-24-15-19-26(20-16-24)25-17-13-22(6-4-2)14-18-25/h15-16,19-23,25H,3-14,17-18H2,1-2H3/t21-,22-,23-,25-. The van der Waals surface area contributed by atoms with Gasteiger partial charge in [-0.3, -0.25) is 0 Å². The summed E-state index contributed by atoms with van der Waals surface area (Å²) in [6.07, 6.45) is 20.1. The Hall–Kier alpha value is -0.780. The van der Waals surface area contributed by atoms with Gasteiger partial charge in [-0.1, -0.05) is 89.5 Å². The van der Waals surface area contributed by atoms with Crippen molar-refractivity contribution in [3.8, 4) is 0 Å². The van der Waals surface area contributed by atoms with Crippen molar-refractivity contribution in [3.63, 3.8) is 0 Å². The molecule has 0 radical (unpaired) electrons. The highest BCUT2D eigenvalue weighted by atomic mass is 14.3. The van der Waals surface area contributed by atoms with Crippen LogP contribution in [0.15, 0.2) is 24.3 Å². The van der Waals surface area contributed by atoms with Gasteiger partial charge in [-0.15, -0.1) is 0 Å². The van der Waals surface area contributed by atoms with Gasteiger partial charge >= 0.3 is 0 Å². The van der Waals surface area contributed by atoms with E-state index in [1.807, 2.05) is 0 Å². The lowest BCUT2D eigenvalue weighted by Gasteiger charge is -2.29. The predicted molar refractivity (Wildman–Crippen MR) is 115 cm³/mol. The maximum absolute atomic E-state index is 2.46. The van der Waals surface area contributed by atoms with E-state index in [9.17, 15) is 0 Å². The molecule has 2 fully saturated rings. The molecule has 1 aromatic carbocycles. The van der Waals surface area contributed by atoms with Crippen LogP contribution in [0.2, 0.25) is 0 Å². The van der Waals surface area contributed by atoms with Gasteiger partial charge < -0.3 is 0 Å². The first-order chi connectivity index (χ1) is 12.8. The first-order valence-electron chi connectivity index (χ1n) is 11.9. The molecule has 146 valence electrons. The number of aryl methyl sites for hydroxylation is 1. The van der Waals surface area contributed by atoms with Crippen LogP contribution in [-0.4, -0.2) is 0 Å². The lowest BCUT2D eigenvalue weighted by Crippen LogP contribution is -2.15. The molecule has 0 spiro atoms. The van der Waals surface area contributed by atoms with Crippen molar-refractivity contribution in [2.45, 2.75) is 110 Å². The molecule has 2 aliphatic rings. The molecule has 0 heteroatoms. The molecule has 3 rings (SSSR count). The molecule has 0 bridgehead atoms. The van der Waals surface area contributed by atoms with Gasteiger partial charge in [-0.05, 0) is 73.3 Å². The highest BCUT2D eigenvalue weighted by molar-refractivity contribution is 5.26. The summed E-state index contributed by atoms with van der Waals surface area (Å²) >= 11 is 0. The van der Waals surface area contributed by atoms with Gasteiger partial charge in [0.2, 0.25) is 0 Å². The Morgan fingerprint density at radius 1 is 0.615 bits per heavy atom. The van der Waals surface area contributed by atoms with Gasteiger partial charge in [0, 0.05) is 0 Å². The van der Waals surface area contributed by atoms with Gasteiger partial charge in [-0.2, -0.15) is 0 Å². The SMILES string of the molecule is CCC[C@H]1CC[C@H](CCc2ccc([C@H]3CC[C@H](CCC)CC3)cc2)CC1. The summed E-state index contributed by atoms with van der Waals surface area (Å²) in [5, 5.41) is 0. The fourth-order valence-electron chi connectivity index (χ4n) is 5.74. The molecule has 2 saturated carbocycles. The molecule has 2 aliphatic carbocycles. The summed E-state index contributed by atoms with van der Waals surface area (Å²) in [7, 11) is 0. The average Bonchev–Trinajstić information content (AvgIpc) is 2.69. The molecule has 26 heavy (non-hydrogen) atoms. The number of hydrogen-bond donors (Lipinski definition) is 0. The predicted octanol–water partition coefficient (Wildman–Crippen LogP) is 8.30. The molecular formula is C26H42. The molecule has 0 atom stereocenters. The van der Waals surface area contributed by atoms with Crippen LogP contribution >= 0.6 is 0 Å². The summed E-state index contributed by atoms with van der Waals surface area (Å²) in [6, 6.07) is 9.79. The zero-order chi connectivity index (χ0) is 18.2. The van der Waals surface area contributed by atoms with E-state index in [0.29, 0.717) is 0 Å². The quantitative estimate of drug-likeness (QED) is 0.440. The van der Waals surface area contributed by atoms with Crippen LogP contribution < -0.4 is 0 Å². The monoisotopic (exact) mass is 354 g/mol. The molecule has 0 aliphatic heterocycles. The zero-order valence-electron chi connectivity index (χ0n) is 17.5. The number of rotatable bonds is 8. The largest absolute Gasteiger partial charge is 0.0654 e. The van der Waals surface area contributed by atoms with Crippen molar-refractivity contribution in [1.29, 1.82) is 0 Å². The zero-order valence-corrected chi connectivity index (χ0v) is 17.5. The van der Waals surface area contributed by atoms with E-state index in [0.717, 1.165) is 23.7 Å². The minimum absolute atomic E-state index is 0.839. The lowest BCUT2D eigenvalue weighted by molar-refractivity contribution is 0.252. The Bertz CT molecular complexity index is 483. The van der Waals surface area contributed by atoms with Gasteiger partial charge in [-0.25, -0.2) is 0 Å². The van der Waals surface area contributed by atoms with Crippen LogP contribution in [0, 0.1) is 17.8 Å². The van der Waals surface area contributed by atoms with Crippen LogP contribution in [0.5, 0.6) is 0 Å². The summed E-state index contributed by atoms with van der Waals surface area (Å²) in [5.41, 5.74) is 3.19. The molecule has 1 aromatic rings. The second-order valence-corrected chi connectivity index (χ2v) is 9.46. The Morgan fingerprint density at radius 2 is 1.08 bits per heavy atom. The van der Waals surface area contributed by atoms with Gasteiger partial charge in [0.1, 0.15) is 0 Å². The van der Waals surface area contributed by atoms with Crippen molar-refractivity contribution in [3.05, 3.63) is 35.4 Å². The Morgan fingerprint density at radius 3 is 1.58 bits per heavy atom. The molecular weight excluding hydrogens is 312 g/mol. The molecule has 0 nitrogen and oxygen atoms in total. The van der Waals surface area contributed by atoms with E-state index in [1.165, 1.54) is 89.9 Å². The van der Waals surface area contributed by atoms with E-state index < -0.39 is 0 Å². The molecule has 0 amide bonds. The van der Waals surface area contributed by atoms with Crippen LogP contribution in [0.25, 0.3) is 0 Å². The lowest BCUT2D eigenvalue weighted by atomic mass is 9.77. The third kappa shape index (κ3) is 5.86. The normalized spacial score (nSPS) is 29.6. The molecule has 0 unspecified atom stereocenters. The maximum atomic E-state index is 2.46. The fraction of sp³-hybridized carbons (Fsp3) is 0.769. The summed E-state index contributed by atoms with van der Waals surface area (Å²) in [4.78, 5) is 0. The minimum atomic E-state index is 0.839. The Kier molecular flexibility index (Phi) is 8.08. The second-order valence-electron chi connectivity index (χ2n) is 9.46. The van der Waals surface area contributed by atoms with Gasteiger partial charge in [0.15, 0.2) is 0 Å². The van der Waals surface area contributed by atoms with E-state index in [4.69, 9.17) is 0 Å². The molecule has 0 aromatic heterocycles.